The van der Waals surface area contributed by atoms with Crippen LogP contribution in [0.15, 0.2) is 11.6 Å². The first-order valence-corrected chi connectivity index (χ1v) is 10.1. The van der Waals surface area contributed by atoms with E-state index in [2.05, 4.69) is 26.8 Å². The molecule has 130 valence electrons. The highest BCUT2D eigenvalue weighted by atomic mass is 16.1. The molecule has 0 aliphatic heterocycles. The first-order valence-electron chi connectivity index (χ1n) is 10.1. The molecule has 0 aromatic heterocycles. The van der Waals surface area contributed by atoms with Crippen molar-refractivity contribution in [1.29, 1.82) is 5.26 Å². The van der Waals surface area contributed by atoms with Gasteiger partial charge in [-0.25, -0.2) is 0 Å². The predicted octanol–water partition coefficient (Wildman–Crippen LogP) is 5.29. The summed E-state index contributed by atoms with van der Waals surface area (Å²) in [4.78, 5) is 12.0. The van der Waals surface area contributed by atoms with Crippen molar-refractivity contribution in [3.05, 3.63) is 11.6 Å². The van der Waals surface area contributed by atoms with E-state index < -0.39 is 0 Å². The third-order valence-corrected chi connectivity index (χ3v) is 8.82. The number of carbonyl (C=O) groups is 1. The molecule has 0 heterocycles. The maximum Gasteiger partial charge on any atom is 0.155 e. The van der Waals surface area contributed by atoms with Gasteiger partial charge in [0.1, 0.15) is 0 Å². The van der Waals surface area contributed by atoms with E-state index in [0.29, 0.717) is 11.7 Å². The molecule has 0 saturated heterocycles. The van der Waals surface area contributed by atoms with Gasteiger partial charge in [-0.3, -0.25) is 4.79 Å². The van der Waals surface area contributed by atoms with Gasteiger partial charge >= 0.3 is 0 Å². The Balaban J connectivity index is 1.75. The minimum absolute atomic E-state index is 0.241. The van der Waals surface area contributed by atoms with Crippen molar-refractivity contribution in [2.75, 3.05) is 0 Å². The number of nitriles is 1. The summed E-state index contributed by atoms with van der Waals surface area (Å²) in [7, 11) is 0. The van der Waals surface area contributed by atoms with E-state index in [0.717, 1.165) is 43.4 Å². The lowest BCUT2D eigenvalue weighted by molar-refractivity contribution is -0.118. The largest absolute Gasteiger partial charge is 0.295 e. The lowest BCUT2D eigenvalue weighted by Crippen LogP contribution is -2.53. The first kappa shape index (κ1) is 16.4. The van der Waals surface area contributed by atoms with E-state index in [1.807, 2.05) is 6.08 Å². The van der Waals surface area contributed by atoms with E-state index in [4.69, 9.17) is 0 Å². The van der Waals surface area contributed by atoms with Gasteiger partial charge in [-0.1, -0.05) is 32.8 Å². The highest BCUT2D eigenvalue weighted by Crippen LogP contribution is 2.68. The maximum atomic E-state index is 12.0. The quantitative estimate of drug-likeness (QED) is 0.657. The van der Waals surface area contributed by atoms with Crippen molar-refractivity contribution >= 4 is 5.78 Å². The zero-order chi connectivity index (χ0) is 17.1. The van der Waals surface area contributed by atoms with Crippen LogP contribution in [0, 0.1) is 51.8 Å². The molecule has 0 aromatic rings. The molecular formula is C22H31NO. The number of hydrogen-bond acceptors (Lipinski definition) is 2. The SMILES string of the molecule is CCC1CC2=CC(=O)CC[C@]2(C)[C@H]2CC[C@]3(C)[C@@H](C#N)CC[C@H]3[C@H]12. The maximum absolute atomic E-state index is 12.0. The molecule has 2 heteroatoms. The van der Waals surface area contributed by atoms with Crippen molar-refractivity contribution in [3.63, 3.8) is 0 Å². The van der Waals surface area contributed by atoms with E-state index in [9.17, 15) is 10.1 Å². The van der Waals surface area contributed by atoms with Crippen molar-refractivity contribution < 1.29 is 4.79 Å². The van der Waals surface area contributed by atoms with Crippen LogP contribution in [0.2, 0.25) is 0 Å². The minimum atomic E-state index is 0.241. The average molecular weight is 325 g/mol. The minimum Gasteiger partial charge on any atom is -0.295 e. The number of carbonyl (C=O) groups excluding carboxylic acids is 1. The van der Waals surface area contributed by atoms with Crippen LogP contribution < -0.4 is 0 Å². The van der Waals surface area contributed by atoms with Crippen molar-refractivity contribution in [3.8, 4) is 6.07 Å². The molecule has 0 bridgehead atoms. The second-order valence-corrected chi connectivity index (χ2v) is 9.52. The molecule has 4 rings (SSSR count). The predicted molar refractivity (Wildman–Crippen MR) is 95.0 cm³/mol. The third kappa shape index (κ3) is 2.03. The Hall–Kier alpha value is -1.10. The number of fused-ring (bicyclic) bond motifs is 5. The molecule has 0 amide bonds. The Morgan fingerprint density at radius 1 is 1.21 bits per heavy atom. The van der Waals surface area contributed by atoms with Crippen LogP contribution in [0.4, 0.5) is 0 Å². The monoisotopic (exact) mass is 325 g/mol. The molecule has 4 aliphatic rings. The number of ketones is 1. The van der Waals surface area contributed by atoms with Gasteiger partial charge in [-0.2, -0.15) is 5.26 Å². The Bertz CT molecular complexity index is 628. The molecular weight excluding hydrogens is 294 g/mol. The van der Waals surface area contributed by atoms with Gasteiger partial charge in [0, 0.05) is 6.42 Å². The van der Waals surface area contributed by atoms with Gasteiger partial charge in [-0.15, -0.1) is 0 Å². The van der Waals surface area contributed by atoms with Gasteiger partial charge in [0.2, 0.25) is 0 Å². The molecule has 1 unspecified atom stereocenters. The van der Waals surface area contributed by atoms with Crippen molar-refractivity contribution in [2.45, 2.75) is 72.1 Å². The summed E-state index contributed by atoms with van der Waals surface area (Å²) in [6, 6.07) is 2.65. The average Bonchev–Trinajstić information content (AvgIpc) is 2.91. The fourth-order valence-electron chi connectivity index (χ4n) is 7.33. The molecule has 24 heavy (non-hydrogen) atoms. The van der Waals surface area contributed by atoms with Crippen LogP contribution in [-0.4, -0.2) is 5.78 Å². The van der Waals surface area contributed by atoms with E-state index in [1.165, 1.54) is 31.3 Å². The Morgan fingerprint density at radius 3 is 2.71 bits per heavy atom. The molecule has 7 atom stereocenters. The van der Waals surface area contributed by atoms with Crippen LogP contribution >= 0.6 is 0 Å². The number of allylic oxidation sites excluding steroid dienone is 1. The molecule has 0 radical (unpaired) electrons. The van der Waals surface area contributed by atoms with Gasteiger partial charge < -0.3 is 0 Å². The van der Waals surface area contributed by atoms with E-state index in [1.54, 1.807) is 0 Å². The molecule has 2 nitrogen and oxygen atoms in total. The zero-order valence-electron chi connectivity index (χ0n) is 15.5. The van der Waals surface area contributed by atoms with E-state index >= 15 is 0 Å². The van der Waals surface area contributed by atoms with Gasteiger partial charge in [0.25, 0.3) is 0 Å². The van der Waals surface area contributed by atoms with Crippen LogP contribution in [-0.2, 0) is 4.79 Å². The van der Waals surface area contributed by atoms with Crippen molar-refractivity contribution in [2.24, 2.45) is 40.4 Å². The van der Waals surface area contributed by atoms with Crippen LogP contribution in [0.3, 0.4) is 0 Å². The van der Waals surface area contributed by atoms with Gasteiger partial charge in [0.15, 0.2) is 5.78 Å². The highest BCUT2D eigenvalue weighted by molar-refractivity contribution is 5.91. The van der Waals surface area contributed by atoms with Gasteiger partial charge in [-0.05, 0) is 79.1 Å². The molecule has 3 fully saturated rings. The Labute approximate surface area is 146 Å². The Kier molecular flexibility index (Phi) is 3.72. The topological polar surface area (TPSA) is 40.9 Å². The lowest BCUT2D eigenvalue weighted by Gasteiger charge is -2.60. The van der Waals surface area contributed by atoms with Gasteiger partial charge in [0.05, 0.1) is 12.0 Å². The second kappa shape index (κ2) is 5.45. The van der Waals surface area contributed by atoms with Crippen LogP contribution in [0.1, 0.15) is 72.1 Å². The molecule has 0 spiro atoms. The summed E-state index contributed by atoms with van der Waals surface area (Å²) in [5.41, 5.74) is 1.95. The number of hydrogen-bond donors (Lipinski definition) is 0. The standard InChI is InChI=1S/C22H31NO/c1-4-14-11-16-12-17(24)7-9-22(16,3)19-8-10-21(2)15(13-23)5-6-18(21)20(14)19/h12,14-15,18-20H,4-11H2,1-3H3/t14?,15-,18+,19+,20+,21-,22+/m1/s1. The van der Waals surface area contributed by atoms with Crippen LogP contribution in [0.5, 0.6) is 0 Å². The zero-order valence-corrected chi connectivity index (χ0v) is 15.5. The molecule has 0 N–H and O–H groups in total. The number of rotatable bonds is 1. The summed E-state index contributed by atoms with van der Waals surface area (Å²) in [6.07, 6.45) is 11.0. The fraction of sp³-hybridized carbons (Fsp3) is 0.818. The molecule has 0 aromatic carbocycles. The second-order valence-electron chi connectivity index (χ2n) is 9.52. The number of nitrogens with zero attached hydrogens (tertiary/aromatic N) is 1. The summed E-state index contributed by atoms with van der Waals surface area (Å²) < 4.78 is 0. The van der Waals surface area contributed by atoms with Crippen molar-refractivity contribution in [1.82, 2.24) is 0 Å². The molecule has 3 saturated carbocycles. The summed E-state index contributed by atoms with van der Waals surface area (Å²) >= 11 is 0. The van der Waals surface area contributed by atoms with Crippen LogP contribution in [0.25, 0.3) is 0 Å². The highest BCUT2D eigenvalue weighted by Gasteiger charge is 2.61. The lowest BCUT2D eigenvalue weighted by atomic mass is 9.44. The normalized spacial score (nSPS) is 50.3. The smallest absolute Gasteiger partial charge is 0.155 e. The molecule has 4 aliphatic carbocycles. The fourth-order valence-corrected chi connectivity index (χ4v) is 7.33. The summed E-state index contributed by atoms with van der Waals surface area (Å²) in [6.45, 7) is 7.20. The Morgan fingerprint density at radius 2 is 2.00 bits per heavy atom. The first-order chi connectivity index (χ1) is 11.4. The summed E-state index contributed by atoms with van der Waals surface area (Å²) in [5.74, 6) is 3.54. The third-order valence-electron chi connectivity index (χ3n) is 8.82. The van der Waals surface area contributed by atoms with E-state index in [-0.39, 0.29) is 16.7 Å². The summed E-state index contributed by atoms with van der Waals surface area (Å²) in [5, 5.41) is 9.66.